The van der Waals surface area contributed by atoms with Crippen molar-refractivity contribution in [1.29, 1.82) is 0 Å². The molecule has 0 saturated carbocycles. The fraction of sp³-hybridized carbons (Fsp3) is 0.353. The lowest BCUT2D eigenvalue weighted by molar-refractivity contribution is 0.0934. The van der Waals surface area contributed by atoms with Crippen molar-refractivity contribution in [3.8, 4) is 5.75 Å². The van der Waals surface area contributed by atoms with Crippen molar-refractivity contribution in [2.75, 3.05) is 12.4 Å². The highest BCUT2D eigenvalue weighted by Crippen LogP contribution is 2.27. The van der Waals surface area contributed by atoms with Gasteiger partial charge in [-0.1, -0.05) is 13.0 Å². The van der Waals surface area contributed by atoms with Gasteiger partial charge in [0.25, 0.3) is 5.91 Å². The first-order valence-corrected chi connectivity index (χ1v) is 7.58. The third-order valence-electron chi connectivity index (χ3n) is 3.49. The molecule has 0 aliphatic carbocycles. The number of ether oxygens (including phenoxy) is 1. The minimum Gasteiger partial charge on any atom is -0.495 e. The van der Waals surface area contributed by atoms with Crippen LogP contribution in [0.4, 0.5) is 11.5 Å². The highest BCUT2D eigenvalue weighted by Gasteiger charge is 2.11. The van der Waals surface area contributed by atoms with E-state index < -0.39 is 0 Å². The zero-order valence-electron chi connectivity index (χ0n) is 13.9. The lowest BCUT2D eigenvalue weighted by atomic mass is 10.2. The predicted octanol–water partition coefficient (Wildman–Crippen LogP) is 3.07. The van der Waals surface area contributed by atoms with Crippen LogP contribution in [0.15, 0.2) is 30.6 Å². The smallest absolute Gasteiger partial charge is 0.271 e. The van der Waals surface area contributed by atoms with Crippen molar-refractivity contribution in [2.45, 2.75) is 33.2 Å². The van der Waals surface area contributed by atoms with Crippen LogP contribution in [0.2, 0.25) is 0 Å². The number of amides is 1. The van der Waals surface area contributed by atoms with Gasteiger partial charge in [0.05, 0.1) is 25.2 Å². The van der Waals surface area contributed by atoms with E-state index in [0.717, 1.165) is 23.4 Å². The molecule has 6 nitrogen and oxygen atoms in total. The topological polar surface area (TPSA) is 76.1 Å². The van der Waals surface area contributed by atoms with Gasteiger partial charge >= 0.3 is 0 Å². The lowest BCUT2D eigenvalue weighted by Gasteiger charge is -2.12. The van der Waals surface area contributed by atoms with Crippen molar-refractivity contribution < 1.29 is 9.53 Å². The summed E-state index contributed by atoms with van der Waals surface area (Å²) in [7, 11) is 1.61. The monoisotopic (exact) mass is 314 g/mol. The number of carbonyl (C=O) groups is 1. The Morgan fingerprint density at radius 1 is 1.30 bits per heavy atom. The maximum atomic E-state index is 12.0. The zero-order chi connectivity index (χ0) is 16.8. The number of benzene rings is 1. The summed E-state index contributed by atoms with van der Waals surface area (Å²) in [4.78, 5) is 20.4. The normalized spacial score (nSPS) is 11.7. The molecule has 1 amide bonds. The second-order valence-corrected chi connectivity index (χ2v) is 5.40. The van der Waals surface area contributed by atoms with E-state index in [2.05, 4.69) is 20.6 Å². The molecule has 122 valence electrons. The standard InChI is InChI=1S/C17H22N4O2/c1-5-12(3)20-17(22)14-9-19-16(10-18-14)21-13-8-11(2)6-7-15(13)23-4/h6-10,12H,5H2,1-4H3,(H,19,21)(H,20,22). The van der Waals surface area contributed by atoms with E-state index in [4.69, 9.17) is 4.74 Å². The van der Waals surface area contributed by atoms with Crippen molar-refractivity contribution in [2.24, 2.45) is 0 Å². The number of nitrogens with one attached hydrogen (secondary N) is 2. The maximum absolute atomic E-state index is 12.0. The molecule has 0 fully saturated rings. The third-order valence-corrected chi connectivity index (χ3v) is 3.49. The fourth-order valence-electron chi connectivity index (χ4n) is 1.97. The molecule has 6 heteroatoms. The first-order valence-electron chi connectivity index (χ1n) is 7.58. The first kappa shape index (κ1) is 16.7. The number of hydrogen-bond acceptors (Lipinski definition) is 5. The molecule has 1 unspecified atom stereocenters. The van der Waals surface area contributed by atoms with E-state index in [1.807, 2.05) is 39.0 Å². The van der Waals surface area contributed by atoms with Gasteiger partial charge in [0.1, 0.15) is 17.3 Å². The Bertz CT molecular complexity index is 671. The average molecular weight is 314 g/mol. The number of aromatic nitrogens is 2. The van der Waals surface area contributed by atoms with Crippen LogP contribution in [0, 0.1) is 6.92 Å². The number of anilines is 2. The summed E-state index contributed by atoms with van der Waals surface area (Å²) >= 11 is 0. The third kappa shape index (κ3) is 4.42. The van der Waals surface area contributed by atoms with E-state index in [0.29, 0.717) is 11.5 Å². The second kappa shape index (κ2) is 7.58. The van der Waals surface area contributed by atoms with Gasteiger partial charge in [-0.25, -0.2) is 9.97 Å². The number of aryl methyl sites for hydroxylation is 1. The van der Waals surface area contributed by atoms with Crippen LogP contribution in [0.3, 0.4) is 0 Å². The molecule has 2 rings (SSSR count). The van der Waals surface area contributed by atoms with Gasteiger partial charge in [-0.15, -0.1) is 0 Å². The van der Waals surface area contributed by atoms with E-state index in [1.165, 1.54) is 12.4 Å². The summed E-state index contributed by atoms with van der Waals surface area (Å²) in [5.74, 6) is 1.05. The molecular formula is C17H22N4O2. The number of rotatable bonds is 6. The fourth-order valence-corrected chi connectivity index (χ4v) is 1.97. The molecule has 0 bridgehead atoms. The number of hydrogen-bond donors (Lipinski definition) is 2. The van der Waals surface area contributed by atoms with Crippen LogP contribution in [-0.4, -0.2) is 29.0 Å². The molecule has 2 aromatic rings. The molecule has 1 heterocycles. The van der Waals surface area contributed by atoms with E-state index in [1.54, 1.807) is 7.11 Å². The molecule has 0 spiro atoms. The van der Waals surface area contributed by atoms with E-state index in [9.17, 15) is 4.79 Å². The summed E-state index contributed by atoms with van der Waals surface area (Å²) in [6.45, 7) is 5.96. The summed E-state index contributed by atoms with van der Waals surface area (Å²) in [5.41, 5.74) is 2.21. The lowest BCUT2D eigenvalue weighted by Crippen LogP contribution is -2.32. The molecular weight excluding hydrogens is 292 g/mol. The molecule has 0 aliphatic rings. The van der Waals surface area contributed by atoms with Crippen LogP contribution in [0.1, 0.15) is 36.3 Å². The van der Waals surface area contributed by atoms with Crippen LogP contribution in [0.5, 0.6) is 5.75 Å². The molecule has 0 aliphatic heterocycles. The number of methoxy groups -OCH3 is 1. The van der Waals surface area contributed by atoms with Crippen molar-refractivity contribution in [1.82, 2.24) is 15.3 Å². The van der Waals surface area contributed by atoms with E-state index >= 15 is 0 Å². The van der Waals surface area contributed by atoms with Crippen LogP contribution in [-0.2, 0) is 0 Å². The van der Waals surface area contributed by atoms with Crippen molar-refractivity contribution in [3.05, 3.63) is 41.9 Å². The Labute approximate surface area is 136 Å². The summed E-state index contributed by atoms with van der Waals surface area (Å²) < 4.78 is 5.32. The Hall–Kier alpha value is -2.63. The Kier molecular flexibility index (Phi) is 5.51. The summed E-state index contributed by atoms with van der Waals surface area (Å²) in [6.07, 6.45) is 3.86. The molecule has 2 N–H and O–H groups in total. The van der Waals surface area contributed by atoms with Gasteiger partial charge in [0.15, 0.2) is 0 Å². The number of carbonyl (C=O) groups excluding carboxylic acids is 1. The highest BCUT2D eigenvalue weighted by molar-refractivity contribution is 5.92. The van der Waals surface area contributed by atoms with Gasteiger partial charge in [-0.3, -0.25) is 4.79 Å². The summed E-state index contributed by atoms with van der Waals surface area (Å²) in [5, 5.41) is 6.01. The van der Waals surface area contributed by atoms with Crippen LogP contribution >= 0.6 is 0 Å². The molecule has 1 aromatic carbocycles. The minimum absolute atomic E-state index is 0.110. The molecule has 1 atom stereocenters. The minimum atomic E-state index is -0.216. The molecule has 0 radical (unpaired) electrons. The Balaban J connectivity index is 2.11. The first-order chi connectivity index (χ1) is 11.0. The average Bonchev–Trinajstić information content (AvgIpc) is 2.55. The maximum Gasteiger partial charge on any atom is 0.271 e. The SMILES string of the molecule is CCC(C)NC(=O)c1cnc(Nc2cc(C)ccc2OC)cn1. The van der Waals surface area contributed by atoms with Gasteiger partial charge in [-0.2, -0.15) is 0 Å². The Morgan fingerprint density at radius 2 is 2.09 bits per heavy atom. The summed E-state index contributed by atoms with van der Waals surface area (Å²) in [6, 6.07) is 5.93. The largest absolute Gasteiger partial charge is 0.495 e. The van der Waals surface area contributed by atoms with Gasteiger partial charge in [0.2, 0.25) is 0 Å². The zero-order valence-corrected chi connectivity index (χ0v) is 13.9. The number of nitrogens with zero attached hydrogens (tertiary/aromatic N) is 2. The molecule has 23 heavy (non-hydrogen) atoms. The van der Waals surface area contributed by atoms with Crippen LogP contribution < -0.4 is 15.4 Å². The van der Waals surface area contributed by atoms with Crippen molar-refractivity contribution in [3.63, 3.8) is 0 Å². The molecule has 0 saturated heterocycles. The predicted molar refractivity (Wildman–Crippen MR) is 90.3 cm³/mol. The quantitative estimate of drug-likeness (QED) is 0.857. The Morgan fingerprint density at radius 3 is 2.70 bits per heavy atom. The second-order valence-electron chi connectivity index (χ2n) is 5.40. The van der Waals surface area contributed by atoms with Gasteiger partial charge in [-0.05, 0) is 38.0 Å². The molecule has 1 aromatic heterocycles. The van der Waals surface area contributed by atoms with Crippen LogP contribution in [0.25, 0.3) is 0 Å². The van der Waals surface area contributed by atoms with Gasteiger partial charge < -0.3 is 15.4 Å². The van der Waals surface area contributed by atoms with E-state index in [-0.39, 0.29) is 11.9 Å². The van der Waals surface area contributed by atoms with Crippen molar-refractivity contribution >= 4 is 17.4 Å². The van der Waals surface area contributed by atoms with Gasteiger partial charge in [0, 0.05) is 6.04 Å². The highest BCUT2D eigenvalue weighted by atomic mass is 16.5.